The quantitative estimate of drug-likeness (QED) is 0.576. The minimum Gasteiger partial charge on any atom is -0.393 e. The zero-order chi connectivity index (χ0) is 6.85. The maximum Gasteiger partial charge on any atom is 0.0567 e. The Labute approximate surface area is 68.6 Å². The van der Waals surface area contributed by atoms with Gasteiger partial charge in [-0.05, 0) is 26.8 Å². The van der Waals surface area contributed by atoms with E-state index in [1.54, 1.807) is 0 Å². The Morgan fingerprint density at radius 3 is 2.50 bits per heavy atom. The van der Waals surface area contributed by atoms with E-state index in [0.717, 1.165) is 19.4 Å². The van der Waals surface area contributed by atoms with Gasteiger partial charge < -0.3 is 10.0 Å². The molecule has 1 fully saturated rings. The Bertz CT molecular complexity index is 99.6. The summed E-state index contributed by atoms with van der Waals surface area (Å²) in [6.07, 6.45) is 1.84. The van der Waals surface area contributed by atoms with E-state index in [9.17, 15) is 5.11 Å². The van der Waals surface area contributed by atoms with Gasteiger partial charge in [0.2, 0.25) is 0 Å². The lowest BCUT2D eigenvalue weighted by atomic mass is 10.0. The molecule has 1 aliphatic heterocycles. The number of halogens is 1. The number of likely N-dealkylation sites (tertiary alicyclic amines) is 1. The zero-order valence-corrected chi connectivity index (χ0v) is 7.40. The van der Waals surface area contributed by atoms with Gasteiger partial charge in [-0.25, -0.2) is 0 Å². The van der Waals surface area contributed by atoms with Crippen LogP contribution in [0.1, 0.15) is 19.8 Å². The van der Waals surface area contributed by atoms with E-state index in [1.807, 2.05) is 0 Å². The standard InChI is InChI=1S/C7H15NO.ClH/c1-6-5-7(9)3-4-8(6)2;/h6-7,9H,3-5H2,1-2H3;1H. The molecular formula is C7H16ClNO. The van der Waals surface area contributed by atoms with Crippen LogP contribution in [0.25, 0.3) is 0 Å². The molecule has 0 aromatic rings. The molecule has 2 nitrogen and oxygen atoms in total. The molecule has 1 heterocycles. The average molecular weight is 166 g/mol. The molecule has 2 unspecified atom stereocenters. The van der Waals surface area contributed by atoms with E-state index in [2.05, 4.69) is 18.9 Å². The average Bonchev–Trinajstić information content (AvgIpc) is 1.80. The highest BCUT2D eigenvalue weighted by Crippen LogP contribution is 2.14. The molecule has 1 saturated heterocycles. The zero-order valence-electron chi connectivity index (χ0n) is 6.58. The van der Waals surface area contributed by atoms with Crippen LogP contribution in [0.5, 0.6) is 0 Å². The van der Waals surface area contributed by atoms with Crippen LogP contribution in [0, 0.1) is 0 Å². The van der Waals surface area contributed by atoms with Gasteiger partial charge in [-0.15, -0.1) is 12.4 Å². The van der Waals surface area contributed by atoms with Gasteiger partial charge in [-0.2, -0.15) is 0 Å². The Balaban J connectivity index is 0.000000810. The van der Waals surface area contributed by atoms with Gasteiger partial charge in [0.25, 0.3) is 0 Å². The summed E-state index contributed by atoms with van der Waals surface area (Å²) < 4.78 is 0. The van der Waals surface area contributed by atoms with Crippen molar-refractivity contribution >= 4 is 12.4 Å². The first-order valence-corrected chi connectivity index (χ1v) is 3.58. The van der Waals surface area contributed by atoms with Gasteiger partial charge in [-0.1, -0.05) is 0 Å². The molecule has 1 N–H and O–H groups in total. The highest BCUT2D eigenvalue weighted by molar-refractivity contribution is 5.85. The fourth-order valence-corrected chi connectivity index (χ4v) is 1.26. The van der Waals surface area contributed by atoms with Crippen LogP contribution in [0.2, 0.25) is 0 Å². The SMILES string of the molecule is CC1CC(O)CCN1C.Cl. The molecule has 0 amide bonds. The Morgan fingerprint density at radius 1 is 1.50 bits per heavy atom. The van der Waals surface area contributed by atoms with Crippen molar-refractivity contribution < 1.29 is 5.11 Å². The summed E-state index contributed by atoms with van der Waals surface area (Å²) in [7, 11) is 2.11. The summed E-state index contributed by atoms with van der Waals surface area (Å²) in [6, 6.07) is 0.564. The maximum atomic E-state index is 9.17. The third kappa shape index (κ3) is 2.45. The minimum absolute atomic E-state index is 0. The fraction of sp³-hybridized carbons (Fsp3) is 1.00. The van der Waals surface area contributed by atoms with Crippen LogP contribution in [0.15, 0.2) is 0 Å². The number of rotatable bonds is 0. The van der Waals surface area contributed by atoms with E-state index in [4.69, 9.17) is 0 Å². The van der Waals surface area contributed by atoms with Crippen molar-refractivity contribution in [2.75, 3.05) is 13.6 Å². The third-order valence-corrected chi connectivity index (χ3v) is 2.18. The van der Waals surface area contributed by atoms with E-state index in [1.165, 1.54) is 0 Å². The maximum absolute atomic E-state index is 9.17. The molecule has 0 aromatic heterocycles. The number of aliphatic hydroxyl groups is 1. The number of piperidine rings is 1. The van der Waals surface area contributed by atoms with E-state index >= 15 is 0 Å². The first-order chi connectivity index (χ1) is 4.20. The largest absolute Gasteiger partial charge is 0.393 e. The molecule has 0 radical (unpaired) electrons. The summed E-state index contributed by atoms with van der Waals surface area (Å²) in [6.45, 7) is 3.20. The Kier molecular flexibility index (Phi) is 4.25. The first kappa shape index (κ1) is 10.2. The van der Waals surface area contributed by atoms with E-state index < -0.39 is 0 Å². The summed E-state index contributed by atoms with van der Waals surface area (Å²) in [5.41, 5.74) is 0. The highest BCUT2D eigenvalue weighted by Gasteiger charge is 2.19. The molecule has 10 heavy (non-hydrogen) atoms. The van der Waals surface area contributed by atoms with Gasteiger partial charge >= 0.3 is 0 Å². The second-order valence-electron chi connectivity index (χ2n) is 3.01. The predicted molar refractivity (Wildman–Crippen MR) is 44.6 cm³/mol. The van der Waals surface area contributed by atoms with Crippen molar-refractivity contribution in [2.45, 2.75) is 31.9 Å². The first-order valence-electron chi connectivity index (χ1n) is 3.58. The van der Waals surface area contributed by atoms with Crippen LogP contribution >= 0.6 is 12.4 Å². The molecule has 62 valence electrons. The second-order valence-corrected chi connectivity index (χ2v) is 3.01. The fourth-order valence-electron chi connectivity index (χ4n) is 1.26. The van der Waals surface area contributed by atoms with Crippen LogP contribution in [0.3, 0.4) is 0 Å². The van der Waals surface area contributed by atoms with Crippen LogP contribution in [-0.2, 0) is 0 Å². The van der Waals surface area contributed by atoms with Crippen LogP contribution in [-0.4, -0.2) is 35.7 Å². The van der Waals surface area contributed by atoms with Gasteiger partial charge in [0.1, 0.15) is 0 Å². The second kappa shape index (κ2) is 4.16. The molecule has 1 rings (SSSR count). The van der Waals surface area contributed by atoms with Crippen molar-refractivity contribution in [3.8, 4) is 0 Å². The molecule has 3 heteroatoms. The van der Waals surface area contributed by atoms with Crippen LogP contribution in [0.4, 0.5) is 0 Å². The predicted octanol–water partition coefficient (Wildman–Crippen LogP) is 0.883. The molecule has 0 bridgehead atoms. The molecule has 2 atom stereocenters. The van der Waals surface area contributed by atoms with Crippen molar-refractivity contribution in [1.82, 2.24) is 4.90 Å². The summed E-state index contributed by atoms with van der Waals surface area (Å²) in [4.78, 5) is 2.28. The van der Waals surface area contributed by atoms with Crippen molar-refractivity contribution in [1.29, 1.82) is 0 Å². The Morgan fingerprint density at radius 2 is 2.10 bits per heavy atom. The number of hydrogen-bond acceptors (Lipinski definition) is 2. The monoisotopic (exact) mass is 165 g/mol. The molecule has 0 spiro atoms. The summed E-state index contributed by atoms with van der Waals surface area (Å²) >= 11 is 0. The van der Waals surface area contributed by atoms with Crippen molar-refractivity contribution in [2.24, 2.45) is 0 Å². The molecule has 0 aromatic carbocycles. The topological polar surface area (TPSA) is 23.5 Å². The van der Waals surface area contributed by atoms with E-state index in [-0.39, 0.29) is 18.5 Å². The molecule has 1 aliphatic rings. The number of aliphatic hydroxyl groups excluding tert-OH is 1. The Hall–Kier alpha value is 0.210. The smallest absolute Gasteiger partial charge is 0.0567 e. The highest BCUT2D eigenvalue weighted by atomic mass is 35.5. The van der Waals surface area contributed by atoms with Crippen LogP contribution < -0.4 is 0 Å². The number of nitrogens with zero attached hydrogens (tertiary/aromatic N) is 1. The number of hydrogen-bond donors (Lipinski definition) is 1. The minimum atomic E-state index is -0.0452. The lowest BCUT2D eigenvalue weighted by Crippen LogP contribution is -2.39. The lowest BCUT2D eigenvalue weighted by Gasteiger charge is -2.32. The normalized spacial score (nSPS) is 35.1. The van der Waals surface area contributed by atoms with Gasteiger partial charge in [0, 0.05) is 12.6 Å². The summed E-state index contributed by atoms with van der Waals surface area (Å²) in [5, 5.41) is 9.17. The summed E-state index contributed by atoms with van der Waals surface area (Å²) in [5.74, 6) is 0. The van der Waals surface area contributed by atoms with Crippen molar-refractivity contribution in [3.05, 3.63) is 0 Å². The molecule has 0 saturated carbocycles. The lowest BCUT2D eigenvalue weighted by molar-refractivity contribution is 0.0624. The van der Waals surface area contributed by atoms with Gasteiger partial charge in [0.05, 0.1) is 6.10 Å². The van der Waals surface area contributed by atoms with E-state index in [0.29, 0.717) is 6.04 Å². The van der Waals surface area contributed by atoms with Gasteiger partial charge in [-0.3, -0.25) is 0 Å². The third-order valence-electron chi connectivity index (χ3n) is 2.18. The van der Waals surface area contributed by atoms with Gasteiger partial charge in [0.15, 0.2) is 0 Å². The molecular weight excluding hydrogens is 150 g/mol. The molecule has 0 aliphatic carbocycles. The van der Waals surface area contributed by atoms with Crippen molar-refractivity contribution in [3.63, 3.8) is 0 Å².